The first-order valence-corrected chi connectivity index (χ1v) is 8.68. The summed E-state index contributed by atoms with van der Waals surface area (Å²) in [7, 11) is 0. The van der Waals surface area contributed by atoms with Crippen molar-refractivity contribution in [3.8, 4) is 0 Å². The third kappa shape index (κ3) is 4.80. The fourth-order valence-electron chi connectivity index (χ4n) is 2.89. The number of fused-ring (bicyclic) bond motifs is 1. The van der Waals surface area contributed by atoms with Gasteiger partial charge in [0, 0.05) is 13.1 Å². The Morgan fingerprint density at radius 3 is 2.32 bits per heavy atom. The number of aliphatic hydroxyl groups is 1. The molecule has 7 heteroatoms. The summed E-state index contributed by atoms with van der Waals surface area (Å²) in [6.45, 7) is 0.191. The lowest BCUT2D eigenvalue weighted by Gasteiger charge is -2.14. The Kier molecular flexibility index (Phi) is 5.84. The van der Waals surface area contributed by atoms with E-state index in [1.165, 1.54) is 12.1 Å². The lowest BCUT2D eigenvalue weighted by atomic mass is 10.0. The summed E-state index contributed by atoms with van der Waals surface area (Å²) in [6.07, 6.45) is -5.53. The van der Waals surface area contributed by atoms with E-state index in [9.17, 15) is 23.1 Å². The van der Waals surface area contributed by atoms with Crippen molar-refractivity contribution in [1.82, 2.24) is 10.6 Å². The van der Waals surface area contributed by atoms with Crippen LogP contribution in [0.3, 0.4) is 0 Å². The minimum absolute atomic E-state index is 0.118. The summed E-state index contributed by atoms with van der Waals surface area (Å²) in [5.41, 5.74) is 0.461. The number of aliphatic hydroxyl groups excluding tert-OH is 1. The fourth-order valence-corrected chi connectivity index (χ4v) is 2.89. The van der Waals surface area contributed by atoms with Gasteiger partial charge in [-0.15, -0.1) is 0 Å². The zero-order valence-corrected chi connectivity index (χ0v) is 14.8. The monoisotopic (exact) mass is 388 g/mol. The summed E-state index contributed by atoms with van der Waals surface area (Å²) >= 11 is 0. The van der Waals surface area contributed by atoms with Gasteiger partial charge in [0.05, 0.1) is 11.7 Å². The molecule has 2 amide bonds. The Morgan fingerprint density at radius 2 is 1.61 bits per heavy atom. The normalized spacial score (nSPS) is 12.6. The number of hydrogen-bond donors (Lipinski definition) is 3. The molecule has 0 aromatic heterocycles. The van der Waals surface area contributed by atoms with Crippen LogP contribution in [-0.2, 0) is 12.7 Å². The third-order valence-corrected chi connectivity index (χ3v) is 4.40. The first kappa shape index (κ1) is 19.7. The molecule has 146 valence electrons. The average Bonchev–Trinajstić information content (AvgIpc) is 2.69. The number of carbonyl (C=O) groups excluding carboxylic acids is 1. The second kappa shape index (κ2) is 8.31. The molecule has 0 heterocycles. The molecular formula is C21H19F3N2O2. The van der Waals surface area contributed by atoms with E-state index in [-0.39, 0.29) is 6.54 Å². The number of hydrogen-bond acceptors (Lipinski definition) is 2. The van der Waals surface area contributed by atoms with Crippen molar-refractivity contribution < 1.29 is 23.1 Å². The van der Waals surface area contributed by atoms with E-state index in [1.807, 2.05) is 42.5 Å². The number of amides is 2. The third-order valence-electron chi connectivity index (χ3n) is 4.40. The topological polar surface area (TPSA) is 61.4 Å². The largest absolute Gasteiger partial charge is 0.416 e. The number of benzene rings is 3. The molecule has 0 aliphatic heterocycles. The van der Waals surface area contributed by atoms with Crippen LogP contribution in [-0.4, -0.2) is 17.7 Å². The van der Waals surface area contributed by atoms with Gasteiger partial charge >= 0.3 is 12.2 Å². The van der Waals surface area contributed by atoms with Crippen LogP contribution in [0.2, 0.25) is 0 Å². The van der Waals surface area contributed by atoms with Gasteiger partial charge in [-0.05, 0) is 34.0 Å². The first-order valence-electron chi connectivity index (χ1n) is 8.68. The van der Waals surface area contributed by atoms with Crippen LogP contribution in [0.25, 0.3) is 10.8 Å². The van der Waals surface area contributed by atoms with Crippen molar-refractivity contribution in [3.05, 3.63) is 83.4 Å². The number of rotatable bonds is 5. The van der Waals surface area contributed by atoms with Crippen molar-refractivity contribution in [3.63, 3.8) is 0 Å². The Balaban J connectivity index is 1.52. The summed E-state index contributed by atoms with van der Waals surface area (Å²) in [5, 5.41) is 17.4. The molecular weight excluding hydrogens is 369 g/mol. The van der Waals surface area contributed by atoms with E-state index in [1.54, 1.807) is 0 Å². The molecule has 3 aromatic rings. The maximum atomic E-state index is 12.6. The average molecular weight is 388 g/mol. The van der Waals surface area contributed by atoms with Gasteiger partial charge in [-0.2, -0.15) is 13.2 Å². The van der Waals surface area contributed by atoms with E-state index in [4.69, 9.17) is 0 Å². The van der Waals surface area contributed by atoms with Crippen molar-refractivity contribution in [2.75, 3.05) is 6.54 Å². The predicted molar refractivity (Wildman–Crippen MR) is 101 cm³/mol. The summed E-state index contributed by atoms with van der Waals surface area (Å²) in [6, 6.07) is 17.4. The Bertz CT molecular complexity index is 951. The molecule has 1 atom stereocenters. The number of urea groups is 1. The highest BCUT2D eigenvalue weighted by Gasteiger charge is 2.30. The second-order valence-electron chi connectivity index (χ2n) is 6.34. The molecule has 0 aliphatic carbocycles. The van der Waals surface area contributed by atoms with Gasteiger partial charge in [0.25, 0.3) is 0 Å². The fraction of sp³-hybridized carbons (Fsp3) is 0.190. The van der Waals surface area contributed by atoms with Crippen molar-refractivity contribution in [1.29, 1.82) is 0 Å². The Hall–Kier alpha value is -3.06. The molecule has 4 nitrogen and oxygen atoms in total. The molecule has 0 bridgehead atoms. The van der Waals surface area contributed by atoms with Gasteiger partial charge in [-0.1, -0.05) is 54.6 Å². The molecule has 3 rings (SSSR count). The second-order valence-corrected chi connectivity index (χ2v) is 6.34. The predicted octanol–water partition coefficient (Wildman–Crippen LogP) is 4.39. The summed E-state index contributed by atoms with van der Waals surface area (Å²) in [4.78, 5) is 12.0. The standard InChI is InChI=1S/C21H19F3N2O2/c22-21(23,24)17-10-8-15(9-11-17)19(27)13-26-20(28)25-12-16-6-3-5-14-4-1-2-7-18(14)16/h1-11,19,27H,12-13H2,(H2,25,26,28). The summed E-state index contributed by atoms with van der Waals surface area (Å²) in [5.74, 6) is 0. The zero-order chi connectivity index (χ0) is 20.1. The molecule has 0 saturated carbocycles. The van der Waals surface area contributed by atoms with Gasteiger partial charge in [0.15, 0.2) is 0 Å². The highest BCUT2D eigenvalue weighted by molar-refractivity contribution is 5.86. The van der Waals surface area contributed by atoms with Crippen LogP contribution < -0.4 is 10.6 Å². The maximum absolute atomic E-state index is 12.6. The Labute approximate surface area is 160 Å². The molecule has 0 saturated heterocycles. The van der Waals surface area contributed by atoms with E-state index in [2.05, 4.69) is 10.6 Å². The van der Waals surface area contributed by atoms with E-state index >= 15 is 0 Å². The molecule has 0 spiro atoms. The molecule has 3 N–H and O–H groups in total. The van der Waals surface area contributed by atoms with Gasteiger partial charge in [-0.25, -0.2) is 4.79 Å². The van der Waals surface area contributed by atoms with Crippen molar-refractivity contribution in [2.45, 2.75) is 18.8 Å². The lowest BCUT2D eigenvalue weighted by Crippen LogP contribution is -2.37. The number of alkyl halides is 3. The van der Waals surface area contributed by atoms with Crippen LogP contribution in [0.15, 0.2) is 66.7 Å². The van der Waals surface area contributed by atoms with Crippen LogP contribution in [0.1, 0.15) is 22.8 Å². The quantitative estimate of drug-likeness (QED) is 0.607. The van der Waals surface area contributed by atoms with Gasteiger partial charge < -0.3 is 15.7 Å². The molecule has 28 heavy (non-hydrogen) atoms. The minimum atomic E-state index is -4.43. The van der Waals surface area contributed by atoms with E-state index in [0.29, 0.717) is 12.1 Å². The molecule has 0 fully saturated rings. The molecule has 0 radical (unpaired) electrons. The zero-order valence-electron chi connectivity index (χ0n) is 14.8. The highest BCUT2D eigenvalue weighted by Crippen LogP contribution is 2.29. The minimum Gasteiger partial charge on any atom is -0.387 e. The SMILES string of the molecule is O=C(NCc1cccc2ccccc12)NCC(O)c1ccc(C(F)(F)F)cc1. The number of nitrogens with one attached hydrogen (secondary N) is 2. The van der Waals surface area contributed by atoms with Crippen LogP contribution in [0.5, 0.6) is 0 Å². The molecule has 3 aromatic carbocycles. The van der Waals surface area contributed by atoms with Crippen LogP contribution in [0, 0.1) is 0 Å². The van der Waals surface area contributed by atoms with E-state index in [0.717, 1.165) is 28.5 Å². The van der Waals surface area contributed by atoms with E-state index < -0.39 is 23.9 Å². The summed E-state index contributed by atoms with van der Waals surface area (Å²) < 4.78 is 37.7. The van der Waals surface area contributed by atoms with Crippen molar-refractivity contribution >= 4 is 16.8 Å². The Morgan fingerprint density at radius 1 is 0.929 bits per heavy atom. The smallest absolute Gasteiger partial charge is 0.387 e. The highest BCUT2D eigenvalue weighted by atomic mass is 19.4. The number of carbonyl (C=O) groups is 1. The van der Waals surface area contributed by atoms with Gasteiger partial charge in [-0.3, -0.25) is 0 Å². The van der Waals surface area contributed by atoms with Gasteiger partial charge in [0.2, 0.25) is 0 Å². The van der Waals surface area contributed by atoms with Crippen LogP contribution in [0.4, 0.5) is 18.0 Å². The van der Waals surface area contributed by atoms with Crippen molar-refractivity contribution in [2.24, 2.45) is 0 Å². The number of halogens is 3. The maximum Gasteiger partial charge on any atom is 0.416 e. The molecule has 1 unspecified atom stereocenters. The lowest BCUT2D eigenvalue weighted by molar-refractivity contribution is -0.137. The van der Waals surface area contributed by atoms with Gasteiger partial charge in [0.1, 0.15) is 0 Å². The first-order chi connectivity index (χ1) is 13.3. The van der Waals surface area contributed by atoms with Crippen LogP contribution >= 0.6 is 0 Å². The molecule has 0 aliphatic rings.